The average molecular weight is 490 g/mol. The second kappa shape index (κ2) is 11.2. The summed E-state index contributed by atoms with van der Waals surface area (Å²) in [6.07, 6.45) is 0. The predicted octanol–water partition coefficient (Wildman–Crippen LogP) is 4.41. The Balaban J connectivity index is 1.62. The molecule has 7 nitrogen and oxygen atoms in total. The normalized spacial score (nSPS) is 11.3. The second-order valence-electron chi connectivity index (χ2n) is 7.05. The van der Waals surface area contributed by atoms with Crippen LogP contribution in [0.5, 0.6) is 11.5 Å². The van der Waals surface area contributed by atoms with Crippen molar-refractivity contribution in [3.63, 3.8) is 0 Å². The largest absolute Gasteiger partial charge is 0.497 e. The van der Waals surface area contributed by atoms with E-state index >= 15 is 0 Å². The maximum Gasteiger partial charge on any atom is 0.339 e. The number of hydrogen-bond acceptors (Lipinski definition) is 6. The molecule has 0 atom stereocenters. The summed E-state index contributed by atoms with van der Waals surface area (Å²) in [5.74, 6) is 0.563. The maximum absolute atomic E-state index is 13.0. The van der Waals surface area contributed by atoms with E-state index < -0.39 is 16.0 Å². The van der Waals surface area contributed by atoms with Crippen molar-refractivity contribution in [3.05, 3.63) is 88.9 Å². The summed E-state index contributed by atoms with van der Waals surface area (Å²) in [4.78, 5) is 12.5. The highest BCUT2D eigenvalue weighted by Gasteiger charge is 2.24. The fraction of sp³-hybridized carbons (Fsp3) is 0.208. The second-order valence-corrected chi connectivity index (χ2v) is 9.50. The molecular formula is C24H24ClNO6S. The van der Waals surface area contributed by atoms with Crippen molar-refractivity contribution in [1.82, 2.24) is 4.31 Å². The molecule has 0 unspecified atom stereocenters. The molecule has 0 aliphatic carbocycles. The first-order chi connectivity index (χ1) is 15.8. The minimum atomic E-state index is -3.84. The van der Waals surface area contributed by atoms with E-state index in [0.29, 0.717) is 11.5 Å². The van der Waals surface area contributed by atoms with Crippen molar-refractivity contribution < 1.29 is 27.4 Å². The Hall–Kier alpha value is -3.07. The molecule has 0 spiro atoms. The molecule has 0 saturated carbocycles. The zero-order chi connectivity index (χ0) is 23.8. The van der Waals surface area contributed by atoms with E-state index in [2.05, 4.69) is 0 Å². The number of esters is 1. The van der Waals surface area contributed by atoms with Gasteiger partial charge in [-0.25, -0.2) is 13.2 Å². The minimum Gasteiger partial charge on any atom is -0.497 e. The summed E-state index contributed by atoms with van der Waals surface area (Å²) in [5.41, 5.74) is 0.810. The van der Waals surface area contributed by atoms with Crippen LogP contribution < -0.4 is 9.47 Å². The molecule has 3 aromatic carbocycles. The molecule has 0 aromatic heterocycles. The van der Waals surface area contributed by atoms with Gasteiger partial charge in [0.15, 0.2) is 0 Å². The Labute approximate surface area is 198 Å². The van der Waals surface area contributed by atoms with Gasteiger partial charge < -0.3 is 14.2 Å². The van der Waals surface area contributed by atoms with E-state index in [9.17, 15) is 13.2 Å². The molecular weight excluding hydrogens is 466 g/mol. The fourth-order valence-electron chi connectivity index (χ4n) is 2.97. The van der Waals surface area contributed by atoms with Gasteiger partial charge in [-0.3, -0.25) is 0 Å². The third-order valence-electron chi connectivity index (χ3n) is 4.76. The van der Waals surface area contributed by atoms with E-state index in [1.165, 1.54) is 29.6 Å². The summed E-state index contributed by atoms with van der Waals surface area (Å²) >= 11 is 6.14. The van der Waals surface area contributed by atoms with Crippen molar-refractivity contribution in [2.45, 2.75) is 11.4 Å². The van der Waals surface area contributed by atoms with Crippen LogP contribution in [0.3, 0.4) is 0 Å². The van der Waals surface area contributed by atoms with Gasteiger partial charge in [0.05, 0.1) is 22.6 Å². The Morgan fingerprint density at radius 1 is 0.939 bits per heavy atom. The molecule has 0 aliphatic rings. The Bertz CT molecular complexity index is 1180. The zero-order valence-electron chi connectivity index (χ0n) is 18.2. The molecule has 0 radical (unpaired) electrons. The molecule has 3 aromatic rings. The van der Waals surface area contributed by atoms with Crippen LogP contribution in [0.4, 0.5) is 0 Å². The van der Waals surface area contributed by atoms with E-state index in [4.69, 9.17) is 25.8 Å². The Kier molecular flexibility index (Phi) is 8.32. The van der Waals surface area contributed by atoms with Gasteiger partial charge in [-0.2, -0.15) is 4.31 Å². The number of benzene rings is 3. The van der Waals surface area contributed by atoms with Gasteiger partial charge in [0.1, 0.15) is 24.7 Å². The number of halogens is 1. The lowest BCUT2D eigenvalue weighted by Crippen LogP contribution is -2.26. The summed E-state index contributed by atoms with van der Waals surface area (Å²) in [6, 6.07) is 20.1. The highest BCUT2D eigenvalue weighted by molar-refractivity contribution is 7.89. The van der Waals surface area contributed by atoms with E-state index in [-0.39, 0.29) is 35.2 Å². The lowest BCUT2D eigenvalue weighted by molar-refractivity contribution is 0.0450. The van der Waals surface area contributed by atoms with Crippen molar-refractivity contribution in [1.29, 1.82) is 0 Å². The SMILES string of the molecule is COc1ccc(OCCOC(=O)c2cc(S(=O)(=O)N(C)Cc3ccccc3)ccc2Cl)cc1. The summed E-state index contributed by atoms with van der Waals surface area (Å²) in [6.45, 7) is 0.272. The van der Waals surface area contributed by atoms with E-state index in [1.54, 1.807) is 31.4 Å². The van der Waals surface area contributed by atoms with Crippen LogP contribution in [0.1, 0.15) is 15.9 Å². The van der Waals surface area contributed by atoms with Crippen molar-refractivity contribution in [3.8, 4) is 11.5 Å². The smallest absolute Gasteiger partial charge is 0.339 e. The predicted molar refractivity (Wildman–Crippen MR) is 125 cm³/mol. The van der Waals surface area contributed by atoms with Crippen molar-refractivity contribution >= 4 is 27.6 Å². The van der Waals surface area contributed by atoms with Crippen LogP contribution in [-0.4, -0.2) is 46.1 Å². The summed E-state index contributed by atoms with van der Waals surface area (Å²) in [7, 11) is -0.796. The van der Waals surface area contributed by atoms with Gasteiger partial charge in [-0.05, 0) is 48.0 Å². The van der Waals surface area contributed by atoms with Crippen LogP contribution in [0.25, 0.3) is 0 Å². The monoisotopic (exact) mass is 489 g/mol. The molecule has 0 heterocycles. The van der Waals surface area contributed by atoms with Gasteiger partial charge in [0.25, 0.3) is 0 Å². The van der Waals surface area contributed by atoms with Gasteiger partial charge >= 0.3 is 5.97 Å². The van der Waals surface area contributed by atoms with Crippen LogP contribution in [0.2, 0.25) is 5.02 Å². The molecule has 0 bridgehead atoms. The number of rotatable bonds is 10. The lowest BCUT2D eigenvalue weighted by Gasteiger charge is -2.18. The first-order valence-corrected chi connectivity index (χ1v) is 11.9. The molecule has 0 amide bonds. The fourth-order valence-corrected chi connectivity index (χ4v) is 4.35. The first-order valence-electron chi connectivity index (χ1n) is 10.0. The first kappa shape index (κ1) is 24.6. The molecule has 0 fully saturated rings. The van der Waals surface area contributed by atoms with Crippen LogP contribution in [0.15, 0.2) is 77.7 Å². The van der Waals surface area contributed by atoms with Crippen molar-refractivity contribution in [2.24, 2.45) is 0 Å². The minimum absolute atomic E-state index is 0.0321. The number of sulfonamides is 1. The number of carbonyl (C=O) groups is 1. The lowest BCUT2D eigenvalue weighted by atomic mass is 10.2. The molecule has 3 rings (SSSR count). The van der Waals surface area contributed by atoms with Crippen molar-refractivity contribution in [2.75, 3.05) is 27.4 Å². The Morgan fingerprint density at radius 2 is 1.61 bits per heavy atom. The number of ether oxygens (including phenoxy) is 3. The zero-order valence-corrected chi connectivity index (χ0v) is 19.8. The van der Waals surface area contributed by atoms with Crippen LogP contribution in [0, 0.1) is 0 Å². The number of nitrogens with zero attached hydrogens (tertiary/aromatic N) is 1. The number of methoxy groups -OCH3 is 1. The molecule has 174 valence electrons. The van der Waals surface area contributed by atoms with Crippen LogP contribution in [-0.2, 0) is 21.3 Å². The molecule has 0 aliphatic heterocycles. The number of hydrogen-bond donors (Lipinski definition) is 0. The summed E-state index contributed by atoms with van der Waals surface area (Å²) in [5, 5.41) is 0.0979. The number of carbonyl (C=O) groups excluding carboxylic acids is 1. The van der Waals surface area contributed by atoms with E-state index in [0.717, 1.165) is 5.56 Å². The highest BCUT2D eigenvalue weighted by atomic mass is 35.5. The molecule has 0 saturated heterocycles. The third-order valence-corrected chi connectivity index (χ3v) is 6.89. The maximum atomic E-state index is 13.0. The average Bonchev–Trinajstić information content (AvgIpc) is 2.82. The third kappa shape index (κ3) is 6.47. The molecule has 9 heteroatoms. The highest BCUT2D eigenvalue weighted by Crippen LogP contribution is 2.24. The van der Waals surface area contributed by atoms with Gasteiger partial charge in [-0.1, -0.05) is 41.9 Å². The molecule has 33 heavy (non-hydrogen) atoms. The van der Waals surface area contributed by atoms with E-state index in [1.807, 2.05) is 30.3 Å². The Morgan fingerprint density at radius 3 is 2.27 bits per heavy atom. The van der Waals surface area contributed by atoms with Gasteiger partial charge in [0, 0.05) is 13.6 Å². The molecule has 0 N–H and O–H groups in total. The van der Waals surface area contributed by atoms with Crippen LogP contribution >= 0.6 is 11.6 Å². The van der Waals surface area contributed by atoms with Gasteiger partial charge in [-0.15, -0.1) is 0 Å². The standard InChI is InChI=1S/C24H24ClNO6S/c1-26(17-18-6-4-3-5-7-18)33(28,29)21-12-13-23(25)22(16-21)24(27)32-15-14-31-20-10-8-19(30-2)9-11-20/h3-13,16H,14-15,17H2,1-2H3. The topological polar surface area (TPSA) is 82.1 Å². The van der Waals surface area contributed by atoms with Gasteiger partial charge in [0.2, 0.25) is 10.0 Å². The quantitative estimate of drug-likeness (QED) is 0.310. The summed E-state index contributed by atoms with van der Waals surface area (Å²) < 4.78 is 43.0.